The number of nitrogens with one attached hydrogen (secondary N) is 2. The van der Waals surface area contributed by atoms with Crippen molar-refractivity contribution in [3.63, 3.8) is 0 Å². The van der Waals surface area contributed by atoms with Gasteiger partial charge in [0.2, 0.25) is 0 Å². The van der Waals surface area contributed by atoms with Crippen LogP contribution in [-0.2, 0) is 13.6 Å². The maximum atomic E-state index is 15.0. The first-order chi connectivity index (χ1) is 19.7. The smallest absolute Gasteiger partial charge is 0.293 e. The van der Waals surface area contributed by atoms with E-state index in [2.05, 4.69) is 46.4 Å². The van der Waals surface area contributed by atoms with Crippen molar-refractivity contribution in [1.82, 2.24) is 19.4 Å². The third-order valence-corrected chi connectivity index (χ3v) is 9.50. The molecule has 0 saturated heterocycles. The van der Waals surface area contributed by atoms with Gasteiger partial charge in [-0.2, -0.15) is 0 Å². The van der Waals surface area contributed by atoms with Crippen molar-refractivity contribution in [1.29, 1.82) is 0 Å². The molecule has 0 radical (unpaired) electrons. The Labute approximate surface area is 242 Å². The summed E-state index contributed by atoms with van der Waals surface area (Å²) in [6.45, 7) is 5.09. The second kappa shape index (κ2) is 10.8. The fraction of sp³-hybridized carbons (Fsp3) is 0.355. The van der Waals surface area contributed by atoms with Crippen molar-refractivity contribution in [3.05, 3.63) is 85.7 Å². The van der Waals surface area contributed by atoms with Gasteiger partial charge in [0.1, 0.15) is 17.2 Å². The van der Waals surface area contributed by atoms with Gasteiger partial charge >= 0.3 is 0 Å². The van der Waals surface area contributed by atoms with Crippen LogP contribution in [0.1, 0.15) is 70.6 Å². The Morgan fingerprint density at radius 3 is 2.63 bits per heavy atom. The van der Waals surface area contributed by atoms with Crippen LogP contribution in [0, 0.1) is 5.82 Å². The van der Waals surface area contributed by atoms with Gasteiger partial charge in [-0.25, -0.2) is 14.4 Å². The molecule has 2 atom stereocenters. The first kappa shape index (κ1) is 27.3. The molecule has 1 aromatic carbocycles. The number of halogens is 1. The van der Waals surface area contributed by atoms with Gasteiger partial charge in [-0.05, 0) is 93.5 Å². The number of fused-ring (bicyclic) bond motifs is 5. The second-order valence-corrected chi connectivity index (χ2v) is 12.4. The zero-order valence-electron chi connectivity index (χ0n) is 23.6. The second-order valence-electron chi connectivity index (χ2n) is 11.3. The Balaban J connectivity index is 1.22. The molecular weight excluding hydrogens is 539 g/mol. The highest BCUT2D eigenvalue weighted by Crippen LogP contribution is 2.55. The molecule has 0 aliphatic heterocycles. The molecule has 2 N–H and O–H groups in total. The van der Waals surface area contributed by atoms with E-state index in [1.807, 2.05) is 30.3 Å². The number of rotatable bonds is 8. The molecular formula is C31H33FN6O2S. The molecule has 2 unspecified atom stereocenters. The quantitative estimate of drug-likeness (QED) is 0.260. The Morgan fingerprint density at radius 2 is 1.90 bits per heavy atom. The normalized spacial score (nSPS) is 17.3. The SMILES string of the molecule is CC(C)N(C)Cc1ccc(Nc2nc(-c3nc(NC(=O)c4cc5c(s4)C4CCC5C4)ccc3F)cn(C)c2=O)cc1. The molecule has 1 saturated carbocycles. The summed E-state index contributed by atoms with van der Waals surface area (Å²) >= 11 is 1.55. The topological polar surface area (TPSA) is 92.2 Å². The van der Waals surface area contributed by atoms with Gasteiger partial charge in [-0.3, -0.25) is 14.5 Å². The molecule has 6 rings (SSSR count). The predicted octanol–water partition coefficient (Wildman–Crippen LogP) is 6.24. The molecule has 2 aliphatic rings. The van der Waals surface area contributed by atoms with Crippen molar-refractivity contribution < 1.29 is 9.18 Å². The van der Waals surface area contributed by atoms with Crippen molar-refractivity contribution >= 4 is 34.6 Å². The van der Waals surface area contributed by atoms with E-state index in [0.717, 1.165) is 12.1 Å². The molecule has 8 nitrogen and oxygen atoms in total. The standard InChI is InChI=1S/C31H33FN6O2S/c1-17(2)37(3)15-18-5-9-21(10-6-18)33-29-31(40)38(4)16-24(34-29)27-23(32)11-12-26(35-27)36-30(39)25-14-22-19-7-8-20(13-19)28(22)41-25/h5-6,9-12,14,16-17,19-20H,7-8,13,15H2,1-4H3,(H,33,34)(H,35,36,39). The molecule has 3 aromatic heterocycles. The Kier molecular flexibility index (Phi) is 7.21. The molecule has 3 heterocycles. The van der Waals surface area contributed by atoms with Gasteiger partial charge in [0, 0.05) is 36.4 Å². The third kappa shape index (κ3) is 5.41. The van der Waals surface area contributed by atoms with E-state index in [0.29, 0.717) is 28.4 Å². The lowest BCUT2D eigenvalue weighted by Gasteiger charge is -2.21. The van der Waals surface area contributed by atoms with Crippen LogP contribution in [0.2, 0.25) is 0 Å². The average Bonchev–Trinajstić information content (AvgIpc) is 3.68. The van der Waals surface area contributed by atoms with Crippen molar-refractivity contribution in [3.8, 4) is 11.4 Å². The van der Waals surface area contributed by atoms with E-state index in [4.69, 9.17) is 0 Å². The Bertz CT molecular complexity index is 1650. The van der Waals surface area contributed by atoms with Gasteiger partial charge in [0.05, 0.1) is 4.88 Å². The molecule has 10 heteroatoms. The summed E-state index contributed by atoms with van der Waals surface area (Å²) in [7, 11) is 3.65. The van der Waals surface area contributed by atoms with Crippen LogP contribution in [0.3, 0.4) is 0 Å². The maximum absolute atomic E-state index is 15.0. The van der Waals surface area contributed by atoms with Gasteiger partial charge in [0.15, 0.2) is 11.6 Å². The lowest BCUT2D eigenvalue weighted by molar-refractivity contribution is 0.103. The van der Waals surface area contributed by atoms with Crippen molar-refractivity contribution in [2.45, 2.75) is 57.5 Å². The number of aryl methyl sites for hydroxylation is 1. The van der Waals surface area contributed by atoms with Crippen LogP contribution in [0.15, 0.2) is 53.5 Å². The largest absolute Gasteiger partial charge is 0.336 e. The molecule has 1 amide bonds. The fourth-order valence-corrected chi connectivity index (χ4v) is 6.93. The summed E-state index contributed by atoms with van der Waals surface area (Å²) in [5.74, 6) is 0.565. The van der Waals surface area contributed by atoms with Crippen LogP contribution < -0.4 is 16.2 Å². The number of benzene rings is 1. The average molecular weight is 573 g/mol. The van der Waals surface area contributed by atoms with Crippen LogP contribution in [0.5, 0.6) is 0 Å². The van der Waals surface area contributed by atoms with E-state index in [1.54, 1.807) is 18.4 Å². The summed E-state index contributed by atoms with van der Waals surface area (Å²) < 4.78 is 16.3. The van der Waals surface area contributed by atoms with Crippen LogP contribution >= 0.6 is 11.3 Å². The minimum atomic E-state index is -0.606. The van der Waals surface area contributed by atoms with Crippen molar-refractivity contribution in [2.75, 3.05) is 17.7 Å². The number of nitrogens with zero attached hydrogens (tertiary/aromatic N) is 4. The van der Waals surface area contributed by atoms with Crippen molar-refractivity contribution in [2.24, 2.45) is 7.05 Å². The minimum absolute atomic E-state index is 0.0513. The molecule has 41 heavy (non-hydrogen) atoms. The van der Waals surface area contributed by atoms with E-state index in [9.17, 15) is 14.0 Å². The summed E-state index contributed by atoms with van der Waals surface area (Å²) in [5, 5.41) is 5.89. The number of anilines is 3. The summed E-state index contributed by atoms with van der Waals surface area (Å²) in [5.41, 5.74) is 2.91. The third-order valence-electron chi connectivity index (χ3n) is 8.19. The first-order valence-corrected chi connectivity index (χ1v) is 14.7. The number of carbonyl (C=O) groups is 1. The summed E-state index contributed by atoms with van der Waals surface area (Å²) in [6, 6.07) is 12.9. The van der Waals surface area contributed by atoms with E-state index >= 15 is 0 Å². The molecule has 0 spiro atoms. The van der Waals surface area contributed by atoms with E-state index in [-0.39, 0.29) is 34.5 Å². The zero-order chi connectivity index (χ0) is 28.8. The number of hydrogen-bond donors (Lipinski definition) is 2. The van der Waals surface area contributed by atoms with Crippen LogP contribution in [0.4, 0.5) is 21.7 Å². The first-order valence-electron chi connectivity index (χ1n) is 13.9. The Hall–Kier alpha value is -3.89. The van der Waals surface area contributed by atoms with E-state index < -0.39 is 5.82 Å². The minimum Gasteiger partial charge on any atom is -0.336 e. The fourth-order valence-electron chi connectivity index (χ4n) is 5.64. The number of aromatic nitrogens is 3. The maximum Gasteiger partial charge on any atom is 0.293 e. The highest BCUT2D eigenvalue weighted by atomic mass is 32.1. The van der Waals surface area contributed by atoms with Gasteiger partial charge in [0.25, 0.3) is 11.5 Å². The number of hydrogen-bond acceptors (Lipinski definition) is 7. The lowest BCUT2D eigenvalue weighted by Crippen LogP contribution is -2.25. The number of pyridine rings is 1. The van der Waals surface area contributed by atoms with Gasteiger partial charge in [-0.15, -0.1) is 11.3 Å². The van der Waals surface area contributed by atoms with Gasteiger partial charge < -0.3 is 15.2 Å². The summed E-state index contributed by atoms with van der Waals surface area (Å²) in [4.78, 5) is 38.9. The summed E-state index contributed by atoms with van der Waals surface area (Å²) in [6.07, 6.45) is 5.04. The molecule has 1 fully saturated rings. The highest BCUT2D eigenvalue weighted by Gasteiger charge is 2.39. The lowest BCUT2D eigenvalue weighted by atomic mass is 9.99. The number of carbonyl (C=O) groups excluding carboxylic acids is 1. The highest BCUT2D eigenvalue weighted by molar-refractivity contribution is 7.14. The monoisotopic (exact) mass is 572 g/mol. The van der Waals surface area contributed by atoms with E-state index in [1.165, 1.54) is 52.6 Å². The molecule has 212 valence electrons. The van der Waals surface area contributed by atoms with Gasteiger partial charge in [-0.1, -0.05) is 12.1 Å². The number of thiophene rings is 1. The number of amides is 1. The zero-order valence-corrected chi connectivity index (χ0v) is 24.4. The molecule has 4 aromatic rings. The predicted molar refractivity (Wildman–Crippen MR) is 161 cm³/mol. The van der Waals surface area contributed by atoms with Crippen LogP contribution in [0.25, 0.3) is 11.4 Å². The Morgan fingerprint density at radius 1 is 1.15 bits per heavy atom. The molecule has 2 aliphatic carbocycles. The van der Waals surface area contributed by atoms with Crippen LogP contribution in [-0.4, -0.2) is 38.4 Å². The molecule has 2 bridgehead atoms.